The second kappa shape index (κ2) is 6.54. The van der Waals surface area contributed by atoms with Crippen LogP contribution in [0.4, 0.5) is 8.78 Å². The summed E-state index contributed by atoms with van der Waals surface area (Å²) >= 11 is 0. The average molecular weight is 349 g/mol. The molecule has 5 heteroatoms. The highest BCUT2D eigenvalue weighted by Crippen LogP contribution is 2.33. The van der Waals surface area contributed by atoms with Crippen LogP contribution in [0.25, 0.3) is 16.6 Å². The maximum atomic E-state index is 13.8. The molecule has 0 amide bonds. The Morgan fingerprint density at radius 3 is 2.42 bits per heavy atom. The quantitative estimate of drug-likeness (QED) is 0.651. The van der Waals surface area contributed by atoms with Gasteiger partial charge in [0, 0.05) is 36.3 Å². The fourth-order valence-electron chi connectivity index (χ4n) is 3.54. The summed E-state index contributed by atoms with van der Waals surface area (Å²) in [7, 11) is 0. The number of benzene rings is 2. The zero-order chi connectivity index (χ0) is 16.0. The van der Waals surface area contributed by atoms with Crippen LogP contribution in [-0.2, 0) is 13.0 Å². The van der Waals surface area contributed by atoms with Crippen LogP contribution in [0.2, 0.25) is 0 Å². The van der Waals surface area contributed by atoms with E-state index in [1.807, 2.05) is 6.07 Å². The van der Waals surface area contributed by atoms with Gasteiger partial charge in [0.2, 0.25) is 0 Å². The molecule has 126 valence electrons. The van der Waals surface area contributed by atoms with E-state index in [0.29, 0.717) is 0 Å². The molecule has 0 radical (unpaired) electrons. The Morgan fingerprint density at radius 2 is 1.71 bits per heavy atom. The van der Waals surface area contributed by atoms with E-state index in [4.69, 9.17) is 0 Å². The predicted molar refractivity (Wildman–Crippen MR) is 95.1 cm³/mol. The lowest BCUT2D eigenvalue weighted by atomic mass is 10.0. The van der Waals surface area contributed by atoms with Crippen LogP contribution in [0.3, 0.4) is 0 Å². The fourth-order valence-corrected chi connectivity index (χ4v) is 3.54. The van der Waals surface area contributed by atoms with Gasteiger partial charge in [-0.15, -0.1) is 12.4 Å². The first-order chi connectivity index (χ1) is 11.2. The summed E-state index contributed by atoms with van der Waals surface area (Å²) in [6.45, 7) is 4.95. The fraction of sp³-hybridized carbons (Fsp3) is 0.263. The van der Waals surface area contributed by atoms with Gasteiger partial charge in [-0.05, 0) is 54.6 Å². The van der Waals surface area contributed by atoms with Crippen LogP contribution in [0.1, 0.15) is 18.2 Å². The van der Waals surface area contributed by atoms with Crippen molar-refractivity contribution in [3.8, 4) is 5.69 Å². The Hall–Kier alpha value is -1.91. The van der Waals surface area contributed by atoms with E-state index in [0.717, 1.165) is 42.6 Å². The van der Waals surface area contributed by atoms with Crippen molar-refractivity contribution < 1.29 is 8.78 Å². The van der Waals surface area contributed by atoms with Crippen molar-refractivity contribution in [2.45, 2.75) is 19.9 Å². The zero-order valence-corrected chi connectivity index (χ0v) is 14.2. The first kappa shape index (κ1) is 16.9. The van der Waals surface area contributed by atoms with Crippen molar-refractivity contribution in [1.82, 2.24) is 9.47 Å². The Kier molecular flexibility index (Phi) is 4.61. The number of aromatic nitrogens is 1. The second-order valence-corrected chi connectivity index (χ2v) is 6.02. The minimum atomic E-state index is -0.248. The molecule has 2 heterocycles. The van der Waals surface area contributed by atoms with Crippen molar-refractivity contribution in [2.75, 3.05) is 13.1 Å². The molecule has 0 saturated carbocycles. The molecule has 0 fully saturated rings. The third-order valence-corrected chi connectivity index (χ3v) is 4.72. The molecule has 0 saturated heterocycles. The number of fused-ring (bicyclic) bond motifs is 3. The van der Waals surface area contributed by atoms with Gasteiger partial charge < -0.3 is 4.57 Å². The highest BCUT2D eigenvalue weighted by Gasteiger charge is 2.24. The molecule has 0 N–H and O–H groups in total. The normalized spacial score (nSPS) is 14.5. The van der Waals surface area contributed by atoms with Crippen molar-refractivity contribution in [1.29, 1.82) is 0 Å². The standard InChI is InChI=1S/C19H18F2N2.ClH/c1-2-22-10-9-19-17(12-22)16-11-14(21)5-8-18(16)23(19)15-6-3-13(20)4-7-15;/h3-8,11H,2,9-10,12H2,1H3;1H. The topological polar surface area (TPSA) is 8.17 Å². The van der Waals surface area contributed by atoms with Crippen LogP contribution < -0.4 is 0 Å². The number of nitrogens with zero attached hydrogens (tertiary/aromatic N) is 2. The molecule has 0 spiro atoms. The van der Waals surface area contributed by atoms with E-state index in [2.05, 4.69) is 16.4 Å². The number of hydrogen-bond acceptors (Lipinski definition) is 1. The average Bonchev–Trinajstić information content (AvgIpc) is 2.88. The summed E-state index contributed by atoms with van der Waals surface area (Å²) in [5.74, 6) is -0.465. The molecule has 3 aromatic rings. The van der Waals surface area contributed by atoms with Crippen molar-refractivity contribution >= 4 is 23.3 Å². The summed E-state index contributed by atoms with van der Waals surface area (Å²) < 4.78 is 29.2. The molecule has 0 unspecified atom stereocenters. The minimum absolute atomic E-state index is 0. The largest absolute Gasteiger partial charge is 0.313 e. The summed E-state index contributed by atoms with van der Waals surface area (Å²) in [4.78, 5) is 2.36. The molecule has 0 bridgehead atoms. The number of rotatable bonds is 2. The van der Waals surface area contributed by atoms with Crippen LogP contribution in [0.5, 0.6) is 0 Å². The van der Waals surface area contributed by atoms with E-state index in [1.54, 1.807) is 18.2 Å². The van der Waals surface area contributed by atoms with Gasteiger partial charge in [0.1, 0.15) is 11.6 Å². The van der Waals surface area contributed by atoms with Gasteiger partial charge in [-0.2, -0.15) is 0 Å². The van der Waals surface area contributed by atoms with Crippen LogP contribution in [0, 0.1) is 11.6 Å². The van der Waals surface area contributed by atoms with Gasteiger partial charge in [0.25, 0.3) is 0 Å². The van der Waals surface area contributed by atoms with Crippen LogP contribution in [-0.4, -0.2) is 22.6 Å². The van der Waals surface area contributed by atoms with Crippen molar-refractivity contribution in [2.24, 2.45) is 0 Å². The first-order valence-corrected chi connectivity index (χ1v) is 7.97. The maximum absolute atomic E-state index is 13.8. The number of hydrogen-bond donors (Lipinski definition) is 0. The highest BCUT2D eigenvalue weighted by molar-refractivity contribution is 5.87. The SMILES string of the molecule is CCN1CCc2c(c3cc(F)ccc3n2-c2ccc(F)cc2)C1.Cl. The number of likely N-dealkylation sites (N-methyl/N-ethyl adjacent to an activating group) is 1. The van der Waals surface area contributed by atoms with Gasteiger partial charge in [0.05, 0.1) is 5.52 Å². The third-order valence-electron chi connectivity index (χ3n) is 4.72. The smallest absolute Gasteiger partial charge is 0.123 e. The van der Waals surface area contributed by atoms with Gasteiger partial charge in [-0.1, -0.05) is 6.92 Å². The summed E-state index contributed by atoms with van der Waals surface area (Å²) in [6.07, 6.45) is 0.914. The maximum Gasteiger partial charge on any atom is 0.123 e. The Labute approximate surface area is 146 Å². The molecule has 0 atom stereocenters. The molecule has 4 rings (SSSR count). The highest BCUT2D eigenvalue weighted by atomic mass is 35.5. The molecular weight excluding hydrogens is 330 g/mol. The molecule has 1 aromatic heterocycles. The van der Waals surface area contributed by atoms with Crippen molar-refractivity contribution in [3.63, 3.8) is 0 Å². The van der Waals surface area contributed by atoms with Crippen molar-refractivity contribution in [3.05, 3.63) is 65.4 Å². The summed E-state index contributed by atoms with van der Waals surface area (Å²) in [5, 5.41) is 0.961. The van der Waals surface area contributed by atoms with Gasteiger partial charge >= 0.3 is 0 Å². The Balaban J connectivity index is 0.00000169. The molecule has 2 aromatic carbocycles. The Morgan fingerprint density at radius 1 is 1.00 bits per heavy atom. The lowest BCUT2D eigenvalue weighted by Crippen LogP contribution is -2.30. The first-order valence-electron chi connectivity index (χ1n) is 7.97. The van der Waals surface area contributed by atoms with E-state index >= 15 is 0 Å². The lowest BCUT2D eigenvalue weighted by Gasteiger charge is -2.26. The molecule has 24 heavy (non-hydrogen) atoms. The molecule has 1 aliphatic heterocycles. The zero-order valence-electron chi connectivity index (χ0n) is 13.4. The van der Waals surface area contributed by atoms with Gasteiger partial charge in [0.15, 0.2) is 0 Å². The van der Waals surface area contributed by atoms with E-state index in [-0.39, 0.29) is 24.0 Å². The predicted octanol–water partition coefficient (Wildman–Crippen LogP) is 4.71. The Bertz CT molecular complexity index is 871. The lowest BCUT2D eigenvalue weighted by molar-refractivity contribution is 0.267. The summed E-state index contributed by atoms with van der Waals surface area (Å²) in [6, 6.07) is 11.4. The molecule has 1 aliphatic rings. The van der Waals surface area contributed by atoms with E-state index in [1.165, 1.54) is 29.5 Å². The second-order valence-electron chi connectivity index (χ2n) is 6.02. The summed E-state index contributed by atoms with van der Waals surface area (Å²) in [5.41, 5.74) is 4.31. The molecular formula is C19H19ClF2N2. The molecule has 0 aliphatic carbocycles. The third kappa shape index (κ3) is 2.70. The monoisotopic (exact) mass is 348 g/mol. The van der Waals surface area contributed by atoms with Crippen LogP contribution in [0.15, 0.2) is 42.5 Å². The van der Waals surface area contributed by atoms with Crippen LogP contribution >= 0.6 is 12.4 Å². The van der Waals surface area contributed by atoms with E-state index in [9.17, 15) is 8.78 Å². The van der Waals surface area contributed by atoms with Gasteiger partial charge in [-0.3, -0.25) is 4.90 Å². The molecule has 2 nitrogen and oxygen atoms in total. The van der Waals surface area contributed by atoms with E-state index < -0.39 is 0 Å². The van der Waals surface area contributed by atoms with Gasteiger partial charge in [-0.25, -0.2) is 8.78 Å². The number of halogens is 3. The minimum Gasteiger partial charge on any atom is -0.313 e.